The molecule has 0 aliphatic rings. The molecule has 0 saturated heterocycles. The molecule has 2 aromatic carbocycles. The van der Waals surface area contributed by atoms with Crippen molar-refractivity contribution in [1.29, 1.82) is 0 Å². The lowest BCUT2D eigenvalue weighted by Gasteiger charge is -2.20. The molecule has 142 valence electrons. The summed E-state index contributed by atoms with van der Waals surface area (Å²) in [4.78, 5) is 26.0. The maximum Gasteiger partial charge on any atom is 0.329 e. The molecule has 0 spiro atoms. The molecule has 0 fully saturated rings. The number of hydrogen-bond donors (Lipinski definition) is 2. The first-order chi connectivity index (χ1) is 12.9. The van der Waals surface area contributed by atoms with E-state index >= 15 is 0 Å². The van der Waals surface area contributed by atoms with Crippen LogP contribution in [0.2, 0.25) is 5.02 Å². The van der Waals surface area contributed by atoms with Crippen LogP contribution in [0.15, 0.2) is 47.6 Å². The number of nitrogens with zero attached hydrogens (tertiary/aromatic N) is 2. The third kappa shape index (κ3) is 5.82. The summed E-state index contributed by atoms with van der Waals surface area (Å²) in [5, 5.41) is 6.82. The third-order valence-corrected chi connectivity index (χ3v) is 4.44. The Bertz CT molecular complexity index is 830. The van der Waals surface area contributed by atoms with Crippen LogP contribution in [0.5, 0.6) is 0 Å². The van der Waals surface area contributed by atoms with E-state index in [1.807, 2.05) is 31.2 Å². The number of anilines is 2. The highest BCUT2D eigenvalue weighted by molar-refractivity contribution is 6.39. The predicted octanol–water partition coefficient (Wildman–Crippen LogP) is 3.58. The van der Waals surface area contributed by atoms with E-state index in [0.717, 1.165) is 29.9 Å². The summed E-state index contributed by atoms with van der Waals surface area (Å²) < 4.78 is 0. The van der Waals surface area contributed by atoms with Crippen LogP contribution in [-0.2, 0) is 9.59 Å². The lowest BCUT2D eigenvalue weighted by atomic mass is 10.2. The minimum atomic E-state index is -0.859. The standard InChI is InChI=1S/C20H23ClN4O2/c1-4-25(5-2)17-10-7-15(8-11-17)13-22-24-20(27)19(26)23-16-9-6-14(3)18(21)12-16/h6-13H,4-5H2,1-3H3,(H,23,26)(H,24,27). The zero-order valence-electron chi connectivity index (χ0n) is 15.6. The third-order valence-electron chi connectivity index (χ3n) is 4.04. The van der Waals surface area contributed by atoms with E-state index in [1.54, 1.807) is 18.2 Å². The Kier molecular flexibility index (Phi) is 7.37. The molecule has 0 heterocycles. The van der Waals surface area contributed by atoms with Gasteiger partial charge in [-0.3, -0.25) is 9.59 Å². The highest BCUT2D eigenvalue weighted by Gasteiger charge is 2.13. The zero-order chi connectivity index (χ0) is 19.8. The van der Waals surface area contributed by atoms with Gasteiger partial charge in [-0.05, 0) is 56.2 Å². The molecule has 2 aromatic rings. The van der Waals surface area contributed by atoms with Gasteiger partial charge in [-0.2, -0.15) is 5.10 Å². The van der Waals surface area contributed by atoms with E-state index in [1.165, 1.54) is 6.21 Å². The second-order valence-corrected chi connectivity index (χ2v) is 6.29. The number of hydrazone groups is 1. The summed E-state index contributed by atoms with van der Waals surface area (Å²) in [6.07, 6.45) is 1.49. The number of carbonyl (C=O) groups excluding carboxylic acids is 2. The largest absolute Gasteiger partial charge is 0.372 e. The first kappa shape index (κ1) is 20.5. The lowest BCUT2D eigenvalue weighted by molar-refractivity contribution is -0.136. The normalized spacial score (nSPS) is 10.7. The van der Waals surface area contributed by atoms with Gasteiger partial charge in [0.15, 0.2) is 0 Å². The smallest absolute Gasteiger partial charge is 0.329 e. The van der Waals surface area contributed by atoms with E-state index in [0.29, 0.717) is 10.7 Å². The number of carbonyl (C=O) groups is 2. The van der Waals surface area contributed by atoms with Gasteiger partial charge in [0.25, 0.3) is 0 Å². The van der Waals surface area contributed by atoms with Crippen molar-refractivity contribution in [2.75, 3.05) is 23.3 Å². The summed E-state index contributed by atoms with van der Waals surface area (Å²) >= 11 is 6.00. The van der Waals surface area contributed by atoms with Gasteiger partial charge < -0.3 is 10.2 Å². The molecule has 0 aromatic heterocycles. The number of amides is 2. The minimum Gasteiger partial charge on any atom is -0.372 e. The van der Waals surface area contributed by atoms with Gasteiger partial charge >= 0.3 is 11.8 Å². The number of rotatable bonds is 6. The van der Waals surface area contributed by atoms with Crippen molar-refractivity contribution in [2.45, 2.75) is 20.8 Å². The molecule has 2 rings (SSSR count). The van der Waals surface area contributed by atoms with Crippen molar-refractivity contribution < 1.29 is 9.59 Å². The van der Waals surface area contributed by atoms with Gasteiger partial charge in [-0.15, -0.1) is 0 Å². The van der Waals surface area contributed by atoms with Gasteiger partial charge in [0.2, 0.25) is 0 Å². The second kappa shape index (κ2) is 9.73. The number of nitrogens with one attached hydrogen (secondary N) is 2. The van der Waals surface area contributed by atoms with Crippen molar-refractivity contribution in [3.05, 3.63) is 58.6 Å². The van der Waals surface area contributed by atoms with Crippen LogP contribution in [0.3, 0.4) is 0 Å². The van der Waals surface area contributed by atoms with Crippen LogP contribution >= 0.6 is 11.6 Å². The van der Waals surface area contributed by atoms with Gasteiger partial charge in [0, 0.05) is 29.5 Å². The molecule has 0 radical (unpaired) electrons. The Balaban J connectivity index is 1.90. The second-order valence-electron chi connectivity index (χ2n) is 5.88. The molecule has 0 bridgehead atoms. The van der Waals surface area contributed by atoms with Gasteiger partial charge in [-0.25, -0.2) is 5.43 Å². The summed E-state index contributed by atoms with van der Waals surface area (Å²) in [5.74, 6) is -1.67. The van der Waals surface area contributed by atoms with Crippen molar-refractivity contribution in [3.8, 4) is 0 Å². The molecule has 7 heteroatoms. The topological polar surface area (TPSA) is 73.8 Å². The van der Waals surface area contributed by atoms with Crippen molar-refractivity contribution in [1.82, 2.24) is 5.43 Å². The predicted molar refractivity (Wildman–Crippen MR) is 111 cm³/mol. The van der Waals surface area contributed by atoms with E-state index in [4.69, 9.17) is 11.6 Å². The van der Waals surface area contributed by atoms with Crippen LogP contribution in [0, 0.1) is 6.92 Å². The maximum absolute atomic E-state index is 11.9. The molecule has 6 nitrogen and oxygen atoms in total. The van der Waals surface area contributed by atoms with Crippen molar-refractivity contribution in [3.63, 3.8) is 0 Å². The first-order valence-electron chi connectivity index (χ1n) is 8.70. The van der Waals surface area contributed by atoms with Gasteiger partial charge in [0.1, 0.15) is 0 Å². The summed E-state index contributed by atoms with van der Waals surface area (Å²) in [6.45, 7) is 7.92. The van der Waals surface area contributed by atoms with Crippen LogP contribution < -0.4 is 15.6 Å². The Morgan fingerprint density at radius 3 is 2.33 bits per heavy atom. The lowest BCUT2D eigenvalue weighted by Crippen LogP contribution is -2.32. The molecule has 0 unspecified atom stereocenters. The fourth-order valence-electron chi connectivity index (χ4n) is 2.43. The van der Waals surface area contributed by atoms with Crippen LogP contribution in [0.25, 0.3) is 0 Å². The minimum absolute atomic E-state index is 0.446. The van der Waals surface area contributed by atoms with Crippen LogP contribution in [0.1, 0.15) is 25.0 Å². The molecule has 0 atom stereocenters. The molecule has 0 aliphatic carbocycles. The SMILES string of the molecule is CCN(CC)c1ccc(C=NNC(=O)C(=O)Nc2ccc(C)c(Cl)c2)cc1. The van der Waals surface area contributed by atoms with E-state index in [2.05, 4.69) is 34.6 Å². The Morgan fingerprint density at radius 2 is 1.74 bits per heavy atom. The van der Waals surface area contributed by atoms with E-state index in [-0.39, 0.29) is 0 Å². The van der Waals surface area contributed by atoms with Crippen LogP contribution in [-0.4, -0.2) is 31.1 Å². The fourth-order valence-corrected chi connectivity index (χ4v) is 2.62. The first-order valence-corrected chi connectivity index (χ1v) is 9.08. The van der Waals surface area contributed by atoms with Gasteiger partial charge in [0.05, 0.1) is 6.21 Å². The van der Waals surface area contributed by atoms with Crippen molar-refractivity contribution >= 4 is 41.0 Å². The summed E-state index contributed by atoms with van der Waals surface area (Å²) in [5.41, 5.74) is 5.48. The van der Waals surface area contributed by atoms with E-state index < -0.39 is 11.8 Å². The highest BCUT2D eigenvalue weighted by Crippen LogP contribution is 2.19. The van der Waals surface area contributed by atoms with E-state index in [9.17, 15) is 9.59 Å². The monoisotopic (exact) mass is 386 g/mol. The quantitative estimate of drug-likeness (QED) is 0.452. The number of hydrogen-bond acceptors (Lipinski definition) is 4. The number of benzene rings is 2. The molecular weight excluding hydrogens is 364 g/mol. The molecule has 27 heavy (non-hydrogen) atoms. The highest BCUT2D eigenvalue weighted by atomic mass is 35.5. The Labute approximate surface area is 164 Å². The summed E-state index contributed by atoms with van der Waals surface area (Å²) in [6, 6.07) is 12.8. The molecular formula is C20H23ClN4O2. The Morgan fingerprint density at radius 1 is 1.07 bits per heavy atom. The zero-order valence-corrected chi connectivity index (χ0v) is 16.4. The molecule has 0 aliphatic heterocycles. The molecule has 0 saturated carbocycles. The van der Waals surface area contributed by atoms with Crippen LogP contribution in [0.4, 0.5) is 11.4 Å². The molecule has 2 amide bonds. The Hall–Kier alpha value is -2.86. The summed E-state index contributed by atoms with van der Waals surface area (Å²) in [7, 11) is 0. The average Bonchev–Trinajstić information content (AvgIpc) is 2.66. The number of aryl methyl sites for hydroxylation is 1. The molecule has 2 N–H and O–H groups in total. The number of halogens is 1. The fraction of sp³-hybridized carbons (Fsp3) is 0.250. The average molecular weight is 387 g/mol. The maximum atomic E-state index is 11.9. The van der Waals surface area contributed by atoms with Crippen molar-refractivity contribution in [2.24, 2.45) is 5.10 Å². The van der Waals surface area contributed by atoms with Gasteiger partial charge in [-0.1, -0.05) is 29.8 Å².